The van der Waals surface area contributed by atoms with E-state index in [4.69, 9.17) is 4.74 Å². The molecular formula is C18H33NO3. The van der Waals surface area contributed by atoms with Crippen molar-refractivity contribution >= 4 is 6.09 Å². The van der Waals surface area contributed by atoms with E-state index in [1.807, 2.05) is 33.8 Å². The number of rotatable bonds is 6. The van der Waals surface area contributed by atoms with Crippen LogP contribution in [0.5, 0.6) is 0 Å². The van der Waals surface area contributed by atoms with Gasteiger partial charge in [-0.15, -0.1) is 0 Å². The van der Waals surface area contributed by atoms with Gasteiger partial charge >= 0.3 is 6.09 Å². The van der Waals surface area contributed by atoms with Crippen molar-refractivity contribution in [3.05, 3.63) is 12.2 Å². The summed E-state index contributed by atoms with van der Waals surface area (Å²) in [6, 6.07) is -0.277. The van der Waals surface area contributed by atoms with Gasteiger partial charge in [-0.05, 0) is 39.5 Å². The molecule has 0 aromatic heterocycles. The third-order valence-electron chi connectivity index (χ3n) is 4.00. The van der Waals surface area contributed by atoms with Gasteiger partial charge in [-0.1, -0.05) is 51.2 Å². The number of allylic oxidation sites excluding steroid dienone is 1. The van der Waals surface area contributed by atoms with E-state index < -0.39 is 17.8 Å². The van der Waals surface area contributed by atoms with E-state index in [0.717, 1.165) is 12.8 Å². The smallest absolute Gasteiger partial charge is 0.407 e. The van der Waals surface area contributed by atoms with Crippen molar-refractivity contribution in [2.45, 2.75) is 90.4 Å². The van der Waals surface area contributed by atoms with E-state index in [-0.39, 0.29) is 6.04 Å². The Morgan fingerprint density at radius 1 is 1.32 bits per heavy atom. The second-order valence-electron chi connectivity index (χ2n) is 7.32. The predicted molar refractivity (Wildman–Crippen MR) is 89.8 cm³/mol. The van der Waals surface area contributed by atoms with Gasteiger partial charge < -0.3 is 15.2 Å². The van der Waals surface area contributed by atoms with Crippen LogP contribution in [0.4, 0.5) is 4.79 Å². The van der Waals surface area contributed by atoms with Crippen molar-refractivity contribution in [1.29, 1.82) is 0 Å². The highest BCUT2D eigenvalue weighted by molar-refractivity contribution is 5.68. The van der Waals surface area contributed by atoms with E-state index in [1.54, 1.807) is 6.08 Å². The molecule has 0 aromatic carbocycles. The molecule has 1 aliphatic carbocycles. The maximum atomic E-state index is 12.0. The number of ether oxygens (including phenoxy) is 1. The fourth-order valence-electron chi connectivity index (χ4n) is 2.93. The first-order valence-electron chi connectivity index (χ1n) is 8.66. The van der Waals surface area contributed by atoms with Crippen LogP contribution in [0.1, 0.15) is 72.6 Å². The summed E-state index contributed by atoms with van der Waals surface area (Å²) in [5.41, 5.74) is -0.524. The van der Waals surface area contributed by atoms with Crippen LogP contribution in [0.15, 0.2) is 12.2 Å². The van der Waals surface area contributed by atoms with E-state index in [0.29, 0.717) is 5.92 Å². The fraction of sp³-hybridized carbons (Fsp3) is 0.833. The lowest BCUT2D eigenvalue weighted by Crippen LogP contribution is -2.46. The van der Waals surface area contributed by atoms with Crippen molar-refractivity contribution in [2.24, 2.45) is 5.92 Å². The predicted octanol–water partition coefficient (Wildman–Crippen LogP) is 4.18. The highest BCUT2D eigenvalue weighted by Gasteiger charge is 2.26. The molecule has 0 saturated heterocycles. The van der Waals surface area contributed by atoms with Gasteiger partial charge in [-0.3, -0.25) is 0 Å². The van der Waals surface area contributed by atoms with Crippen LogP contribution >= 0.6 is 0 Å². The number of aliphatic hydroxyl groups is 1. The molecule has 128 valence electrons. The van der Waals surface area contributed by atoms with Gasteiger partial charge in [-0.2, -0.15) is 0 Å². The lowest BCUT2D eigenvalue weighted by Gasteiger charge is -2.30. The molecule has 2 atom stereocenters. The third kappa shape index (κ3) is 7.83. The van der Waals surface area contributed by atoms with Crippen LogP contribution in [0.25, 0.3) is 0 Å². The summed E-state index contributed by atoms with van der Waals surface area (Å²) in [6.07, 6.45) is 10.5. The quantitative estimate of drug-likeness (QED) is 0.724. The first-order chi connectivity index (χ1) is 10.3. The van der Waals surface area contributed by atoms with Crippen molar-refractivity contribution < 1.29 is 14.6 Å². The molecule has 4 heteroatoms. The number of hydrogen-bond donors (Lipinski definition) is 2. The monoisotopic (exact) mass is 311 g/mol. The second-order valence-corrected chi connectivity index (χ2v) is 7.32. The molecule has 0 spiro atoms. The standard InChI is InChI=1S/C18H33NO3/c1-5-6-12-16(20)15(13-14-10-8-7-9-11-14)19-17(21)22-18(2,3)4/h6,12,14-16,20H,5,7-11,13H2,1-4H3,(H,19,21)/b12-6+/t15-,16-/m0/s1. The van der Waals surface area contributed by atoms with E-state index in [9.17, 15) is 9.90 Å². The molecular weight excluding hydrogens is 278 g/mol. The lowest BCUT2D eigenvalue weighted by atomic mass is 9.83. The number of hydrogen-bond acceptors (Lipinski definition) is 3. The zero-order chi connectivity index (χ0) is 16.6. The largest absolute Gasteiger partial charge is 0.444 e. The molecule has 0 radical (unpaired) electrons. The Labute approximate surface area is 135 Å². The zero-order valence-corrected chi connectivity index (χ0v) is 14.6. The minimum absolute atomic E-state index is 0.277. The van der Waals surface area contributed by atoms with Crippen LogP contribution in [-0.2, 0) is 4.74 Å². The summed E-state index contributed by atoms with van der Waals surface area (Å²) >= 11 is 0. The molecule has 22 heavy (non-hydrogen) atoms. The molecule has 1 saturated carbocycles. The van der Waals surface area contributed by atoms with E-state index in [2.05, 4.69) is 5.32 Å². The maximum absolute atomic E-state index is 12.0. The first kappa shape index (κ1) is 19.0. The van der Waals surface area contributed by atoms with Crippen molar-refractivity contribution in [3.63, 3.8) is 0 Å². The van der Waals surface area contributed by atoms with Gasteiger partial charge in [-0.25, -0.2) is 4.79 Å². The van der Waals surface area contributed by atoms with Gasteiger partial charge in [0.25, 0.3) is 0 Å². The molecule has 1 rings (SSSR count). The fourth-order valence-corrected chi connectivity index (χ4v) is 2.93. The second kappa shape index (κ2) is 9.19. The summed E-state index contributed by atoms with van der Waals surface area (Å²) < 4.78 is 5.33. The normalized spacial score (nSPS) is 19.9. The Morgan fingerprint density at radius 2 is 1.95 bits per heavy atom. The Kier molecular flexibility index (Phi) is 7.94. The van der Waals surface area contributed by atoms with Crippen molar-refractivity contribution in [3.8, 4) is 0 Å². The Balaban J connectivity index is 2.63. The van der Waals surface area contributed by atoms with E-state index >= 15 is 0 Å². The minimum Gasteiger partial charge on any atom is -0.444 e. The lowest BCUT2D eigenvalue weighted by molar-refractivity contribution is 0.0434. The summed E-state index contributed by atoms with van der Waals surface area (Å²) in [5.74, 6) is 0.582. The number of carbonyl (C=O) groups is 1. The number of alkyl carbamates (subject to hydrolysis) is 1. The van der Waals surface area contributed by atoms with Crippen molar-refractivity contribution in [1.82, 2.24) is 5.32 Å². The minimum atomic E-state index is -0.658. The topological polar surface area (TPSA) is 58.6 Å². The molecule has 2 N–H and O–H groups in total. The summed E-state index contributed by atoms with van der Waals surface area (Å²) in [4.78, 5) is 12.0. The maximum Gasteiger partial charge on any atom is 0.407 e. The average Bonchev–Trinajstić information content (AvgIpc) is 2.43. The van der Waals surface area contributed by atoms with Crippen LogP contribution in [0.2, 0.25) is 0 Å². The number of nitrogens with one attached hydrogen (secondary N) is 1. The van der Waals surface area contributed by atoms with Crippen LogP contribution in [0, 0.1) is 5.92 Å². The SMILES string of the molecule is CC/C=C/[C@H](O)[C@H](CC1CCCCC1)NC(=O)OC(C)(C)C. The molecule has 0 aliphatic heterocycles. The molecule has 0 heterocycles. The number of carbonyl (C=O) groups excluding carboxylic acids is 1. The van der Waals surface area contributed by atoms with E-state index in [1.165, 1.54) is 32.1 Å². The van der Waals surface area contributed by atoms with Crippen molar-refractivity contribution in [2.75, 3.05) is 0 Å². The number of amides is 1. The molecule has 0 bridgehead atoms. The summed E-state index contributed by atoms with van der Waals surface area (Å²) in [6.45, 7) is 7.56. The molecule has 0 aromatic rings. The van der Waals surface area contributed by atoms with Gasteiger partial charge in [0.05, 0.1) is 12.1 Å². The Morgan fingerprint density at radius 3 is 2.50 bits per heavy atom. The Hall–Kier alpha value is -1.03. The summed E-state index contributed by atoms with van der Waals surface area (Å²) in [5, 5.41) is 13.2. The van der Waals surface area contributed by atoms with Crippen LogP contribution in [-0.4, -0.2) is 28.9 Å². The molecule has 0 unspecified atom stereocenters. The first-order valence-corrected chi connectivity index (χ1v) is 8.66. The molecule has 4 nitrogen and oxygen atoms in total. The zero-order valence-electron chi connectivity index (χ0n) is 14.6. The average molecular weight is 311 g/mol. The van der Waals surface area contributed by atoms with Crippen LogP contribution in [0.3, 0.4) is 0 Å². The molecule has 1 fully saturated rings. The van der Waals surface area contributed by atoms with Gasteiger partial charge in [0.1, 0.15) is 5.60 Å². The Bertz CT molecular complexity index is 354. The van der Waals surface area contributed by atoms with Crippen LogP contribution < -0.4 is 5.32 Å². The molecule has 1 aliphatic rings. The van der Waals surface area contributed by atoms with Gasteiger partial charge in [0, 0.05) is 0 Å². The molecule has 1 amide bonds. The highest BCUT2D eigenvalue weighted by atomic mass is 16.6. The van der Waals surface area contributed by atoms with Gasteiger partial charge in [0.15, 0.2) is 0 Å². The van der Waals surface area contributed by atoms with Gasteiger partial charge in [0.2, 0.25) is 0 Å². The summed E-state index contributed by atoms with van der Waals surface area (Å²) in [7, 11) is 0. The number of aliphatic hydroxyl groups excluding tert-OH is 1. The highest BCUT2D eigenvalue weighted by Crippen LogP contribution is 2.28. The third-order valence-corrected chi connectivity index (χ3v) is 4.00.